The van der Waals surface area contributed by atoms with Crippen LogP contribution in [-0.4, -0.2) is 54.5 Å². The van der Waals surface area contributed by atoms with Gasteiger partial charge in [0.1, 0.15) is 18.2 Å². The number of esters is 1. The highest BCUT2D eigenvalue weighted by molar-refractivity contribution is 6.45. The second-order valence-corrected chi connectivity index (χ2v) is 11.5. The van der Waals surface area contributed by atoms with Crippen molar-refractivity contribution >= 4 is 25.1 Å². The zero-order valence-corrected chi connectivity index (χ0v) is 23.5. The third kappa shape index (κ3) is 10.0. The third-order valence-corrected chi connectivity index (χ3v) is 6.55. The van der Waals surface area contributed by atoms with E-state index in [0.717, 1.165) is 5.56 Å². The summed E-state index contributed by atoms with van der Waals surface area (Å²) in [6.07, 6.45) is 1.01. The summed E-state index contributed by atoms with van der Waals surface area (Å²) < 4.78 is 23.1. The van der Waals surface area contributed by atoms with Crippen LogP contribution in [0.2, 0.25) is 6.32 Å². The van der Waals surface area contributed by atoms with Crippen molar-refractivity contribution in [3.8, 4) is 0 Å². The topological polar surface area (TPSA) is 112 Å². The summed E-state index contributed by atoms with van der Waals surface area (Å²) >= 11 is 0. The number of hydrogen-bond donors (Lipinski definition) is 2. The number of nitrogens with one attached hydrogen (secondary N) is 2. The van der Waals surface area contributed by atoms with Crippen LogP contribution in [0, 0.1) is 5.92 Å². The fourth-order valence-electron chi connectivity index (χ4n) is 3.92. The van der Waals surface area contributed by atoms with Crippen molar-refractivity contribution < 1.29 is 33.2 Å². The van der Waals surface area contributed by atoms with Crippen LogP contribution in [0.5, 0.6) is 0 Å². The monoisotopic (exact) mass is 518 g/mol. The minimum Gasteiger partial charge on any atom is -0.458 e. The molecular formula is C27H43BN2O7. The quantitative estimate of drug-likeness (QED) is 0.333. The molecule has 37 heavy (non-hydrogen) atoms. The zero-order chi connectivity index (χ0) is 27.9. The van der Waals surface area contributed by atoms with Crippen molar-refractivity contribution in [1.82, 2.24) is 10.6 Å². The van der Waals surface area contributed by atoms with Crippen LogP contribution >= 0.6 is 0 Å². The van der Waals surface area contributed by atoms with Crippen LogP contribution in [0.25, 0.3) is 0 Å². The molecule has 0 spiro atoms. The Bertz CT molecular complexity index is 899. The largest absolute Gasteiger partial charge is 0.458 e. The van der Waals surface area contributed by atoms with E-state index in [0.29, 0.717) is 19.2 Å². The third-order valence-electron chi connectivity index (χ3n) is 6.55. The van der Waals surface area contributed by atoms with E-state index < -0.39 is 40.8 Å². The molecule has 2 N–H and O–H groups in total. The smallest absolute Gasteiger partial charge is 0.457 e. The van der Waals surface area contributed by atoms with Gasteiger partial charge in [0.15, 0.2) is 0 Å². The molecule has 0 radical (unpaired) electrons. The van der Waals surface area contributed by atoms with E-state index in [9.17, 15) is 14.4 Å². The van der Waals surface area contributed by atoms with Gasteiger partial charge in [0, 0.05) is 19.4 Å². The Morgan fingerprint density at radius 1 is 1.03 bits per heavy atom. The highest BCUT2D eigenvalue weighted by Crippen LogP contribution is 2.38. The first-order valence-electron chi connectivity index (χ1n) is 12.9. The molecule has 0 bridgehead atoms. The van der Waals surface area contributed by atoms with Crippen molar-refractivity contribution in [2.24, 2.45) is 5.92 Å². The van der Waals surface area contributed by atoms with Gasteiger partial charge in [0.25, 0.3) is 0 Å². The molecule has 206 valence electrons. The molecule has 2 rings (SSSR count). The summed E-state index contributed by atoms with van der Waals surface area (Å²) in [7, 11) is -0.379. The van der Waals surface area contributed by atoms with Gasteiger partial charge in [-0.1, -0.05) is 36.8 Å². The first-order chi connectivity index (χ1) is 17.1. The average molecular weight is 518 g/mol. The molecule has 1 fully saturated rings. The number of rotatable bonds is 11. The molecule has 0 aromatic heterocycles. The SMILES string of the molecule is CC(=O)NC[C@@H](CCCB1OC(C)(C)C(C)(C)O1)[C@H](NC(=O)OCc1ccccc1)C(=O)OC(C)(C)C. The van der Waals surface area contributed by atoms with Crippen molar-refractivity contribution in [3.05, 3.63) is 35.9 Å². The Kier molecular flexibility index (Phi) is 10.6. The minimum atomic E-state index is -1.02. The summed E-state index contributed by atoms with van der Waals surface area (Å²) in [6.45, 7) is 14.9. The van der Waals surface area contributed by atoms with Gasteiger partial charge in [-0.15, -0.1) is 0 Å². The van der Waals surface area contributed by atoms with Crippen LogP contribution < -0.4 is 10.6 Å². The van der Waals surface area contributed by atoms with Gasteiger partial charge in [-0.25, -0.2) is 9.59 Å². The lowest BCUT2D eigenvalue weighted by molar-refractivity contribution is -0.159. The molecular weight excluding hydrogens is 475 g/mol. The predicted molar refractivity (Wildman–Crippen MR) is 142 cm³/mol. The fraction of sp³-hybridized carbons (Fsp3) is 0.667. The van der Waals surface area contributed by atoms with Crippen molar-refractivity contribution in [2.75, 3.05) is 6.54 Å². The average Bonchev–Trinajstić information content (AvgIpc) is 2.98. The number of amides is 2. The lowest BCUT2D eigenvalue weighted by atomic mass is 9.80. The van der Waals surface area contributed by atoms with Gasteiger partial charge in [-0.2, -0.15) is 0 Å². The van der Waals surface area contributed by atoms with Gasteiger partial charge >= 0.3 is 19.2 Å². The second-order valence-electron chi connectivity index (χ2n) is 11.5. The summed E-state index contributed by atoms with van der Waals surface area (Å²) in [5, 5.41) is 5.47. The molecule has 1 aliphatic heterocycles. The van der Waals surface area contributed by atoms with Gasteiger partial charge in [0.2, 0.25) is 5.91 Å². The van der Waals surface area contributed by atoms with Gasteiger partial charge in [-0.05, 0) is 66.8 Å². The molecule has 0 saturated carbocycles. The molecule has 1 saturated heterocycles. The number of hydrogen-bond acceptors (Lipinski definition) is 7. The molecule has 0 unspecified atom stereocenters. The molecule has 9 nitrogen and oxygen atoms in total. The highest BCUT2D eigenvalue weighted by Gasteiger charge is 2.50. The molecule has 10 heteroatoms. The lowest BCUT2D eigenvalue weighted by Crippen LogP contribution is -2.51. The van der Waals surface area contributed by atoms with E-state index in [-0.39, 0.29) is 26.2 Å². The van der Waals surface area contributed by atoms with E-state index in [1.54, 1.807) is 20.8 Å². The molecule has 1 heterocycles. The van der Waals surface area contributed by atoms with Crippen LogP contribution in [-0.2, 0) is 35.0 Å². The Balaban J connectivity index is 2.11. The zero-order valence-electron chi connectivity index (χ0n) is 23.5. The van der Waals surface area contributed by atoms with Gasteiger partial charge in [0.05, 0.1) is 11.2 Å². The molecule has 2 atom stereocenters. The summed E-state index contributed by atoms with van der Waals surface area (Å²) in [6, 6.07) is 8.24. The van der Waals surface area contributed by atoms with E-state index >= 15 is 0 Å². The minimum absolute atomic E-state index is 0.0615. The summed E-state index contributed by atoms with van der Waals surface area (Å²) in [5.74, 6) is -1.26. The maximum Gasteiger partial charge on any atom is 0.457 e. The van der Waals surface area contributed by atoms with Gasteiger partial charge < -0.3 is 29.4 Å². The maximum atomic E-state index is 13.2. The van der Waals surface area contributed by atoms with Gasteiger partial charge in [-0.3, -0.25) is 4.79 Å². The molecule has 1 aromatic rings. The van der Waals surface area contributed by atoms with E-state index in [4.69, 9.17) is 18.8 Å². The molecule has 0 aliphatic carbocycles. The van der Waals surface area contributed by atoms with E-state index in [1.807, 2.05) is 58.0 Å². The summed E-state index contributed by atoms with van der Waals surface area (Å²) in [5.41, 5.74) is -0.803. The van der Waals surface area contributed by atoms with Crippen LogP contribution in [0.4, 0.5) is 4.79 Å². The van der Waals surface area contributed by atoms with Crippen molar-refractivity contribution in [3.63, 3.8) is 0 Å². The lowest BCUT2D eigenvalue weighted by Gasteiger charge is -2.32. The number of carbonyl (C=O) groups is 3. The first-order valence-corrected chi connectivity index (χ1v) is 12.9. The van der Waals surface area contributed by atoms with Crippen molar-refractivity contribution in [1.29, 1.82) is 0 Å². The first kappa shape index (κ1) is 30.6. The molecule has 2 amide bonds. The fourth-order valence-corrected chi connectivity index (χ4v) is 3.92. The number of alkyl carbamates (subject to hydrolysis) is 1. The van der Waals surface area contributed by atoms with E-state index in [2.05, 4.69) is 10.6 Å². The number of ether oxygens (including phenoxy) is 2. The number of benzene rings is 1. The number of carbonyl (C=O) groups excluding carboxylic acids is 3. The second kappa shape index (κ2) is 12.8. The Hall–Kier alpha value is -2.59. The van der Waals surface area contributed by atoms with E-state index in [1.165, 1.54) is 6.92 Å². The van der Waals surface area contributed by atoms with Crippen molar-refractivity contribution in [2.45, 2.75) is 104 Å². The van der Waals surface area contributed by atoms with Crippen LogP contribution in [0.3, 0.4) is 0 Å². The maximum absolute atomic E-state index is 13.2. The van der Waals surface area contributed by atoms with Crippen LogP contribution in [0.15, 0.2) is 30.3 Å². The highest BCUT2D eigenvalue weighted by atomic mass is 16.7. The normalized spacial score (nSPS) is 18.0. The summed E-state index contributed by atoms with van der Waals surface area (Å²) in [4.78, 5) is 37.6. The predicted octanol–water partition coefficient (Wildman–Crippen LogP) is 4.25. The molecule has 1 aliphatic rings. The Labute approximate surface area is 221 Å². The molecule has 1 aromatic carbocycles. The Morgan fingerprint density at radius 3 is 2.16 bits per heavy atom. The Morgan fingerprint density at radius 2 is 1.62 bits per heavy atom. The standard InChI is InChI=1S/C27H43BN2O7/c1-19(31)29-17-21(15-12-16-28-36-26(5,6)27(7,8)37-28)22(23(32)35-25(2,3)4)30-24(33)34-18-20-13-10-9-11-14-20/h9-11,13-14,21-22H,12,15-18H2,1-8H3,(H,29,31)(H,30,33)/t21-,22+/m1/s1. The van der Waals surface area contributed by atoms with Crippen LogP contribution in [0.1, 0.15) is 73.8 Å².